The number of hydrogen-bond donors (Lipinski definition) is 1. The molecule has 2 heterocycles. The Hall–Kier alpha value is -2.17. The fourth-order valence-corrected chi connectivity index (χ4v) is 2.52. The van der Waals surface area contributed by atoms with Crippen molar-refractivity contribution >= 4 is 17.5 Å². The molecule has 1 fully saturated rings. The summed E-state index contributed by atoms with van der Waals surface area (Å²) in [6, 6.07) is 8.22. The Morgan fingerprint density at radius 2 is 2.05 bits per heavy atom. The molecule has 0 saturated carbocycles. The second kappa shape index (κ2) is 6.08. The van der Waals surface area contributed by atoms with Crippen LogP contribution in [0.5, 0.6) is 0 Å². The fourth-order valence-electron chi connectivity index (χ4n) is 2.52. The lowest BCUT2D eigenvalue weighted by atomic mass is 9.99. The zero-order valence-electron chi connectivity index (χ0n) is 12.1. The topological polar surface area (TPSA) is 41.1 Å². The van der Waals surface area contributed by atoms with Gasteiger partial charge in [0.25, 0.3) is 0 Å². The minimum absolute atomic E-state index is 0.277. The van der Waals surface area contributed by atoms with Gasteiger partial charge >= 0.3 is 0 Å². The van der Waals surface area contributed by atoms with Crippen molar-refractivity contribution in [1.29, 1.82) is 0 Å². The van der Waals surface area contributed by atoms with Gasteiger partial charge in [-0.3, -0.25) is 0 Å². The molecular weight excluding hydrogens is 267 g/mol. The van der Waals surface area contributed by atoms with Gasteiger partial charge in [0.05, 0.1) is 0 Å². The van der Waals surface area contributed by atoms with Gasteiger partial charge in [-0.05, 0) is 43.0 Å². The Bertz CT molecular complexity index is 609. The number of nitrogens with one attached hydrogen (secondary N) is 1. The van der Waals surface area contributed by atoms with E-state index in [9.17, 15) is 4.39 Å². The predicted molar refractivity (Wildman–Crippen MR) is 82.3 cm³/mol. The number of hydrogen-bond acceptors (Lipinski definition) is 4. The maximum atomic E-state index is 13.2. The summed E-state index contributed by atoms with van der Waals surface area (Å²) in [4.78, 5) is 11.0. The first-order valence-electron chi connectivity index (χ1n) is 7.31. The van der Waals surface area contributed by atoms with Crippen molar-refractivity contribution in [3.8, 4) is 0 Å². The molecule has 110 valence electrons. The molecule has 0 bridgehead atoms. The largest absolute Gasteiger partial charge is 0.356 e. The molecule has 1 saturated heterocycles. The summed E-state index contributed by atoms with van der Waals surface area (Å²) in [5.41, 5.74) is 0.652. The number of halogens is 1. The van der Waals surface area contributed by atoms with Crippen LogP contribution in [0.25, 0.3) is 0 Å². The molecule has 1 N–H and O–H groups in total. The molecule has 1 aliphatic rings. The first-order valence-corrected chi connectivity index (χ1v) is 7.31. The average Bonchev–Trinajstić information content (AvgIpc) is 2.48. The molecule has 1 aromatic heterocycles. The Morgan fingerprint density at radius 1 is 1.24 bits per heavy atom. The maximum absolute atomic E-state index is 13.2. The molecule has 1 aromatic carbocycles. The minimum Gasteiger partial charge on any atom is -0.356 e. The van der Waals surface area contributed by atoms with Gasteiger partial charge in [-0.25, -0.2) is 9.37 Å². The van der Waals surface area contributed by atoms with Crippen molar-refractivity contribution in [2.45, 2.75) is 19.8 Å². The monoisotopic (exact) mass is 286 g/mol. The highest BCUT2D eigenvalue weighted by Crippen LogP contribution is 2.22. The third kappa shape index (κ3) is 3.48. The molecular formula is C16H19FN4. The maximum Gasteiger partial charge on any atom is 0.229 e. The molecule has 0 unspecified atom stereocenters. The van der Waals surface area contributed by atoms with E-state index >= 15 is 0 Å². The van der Waals surface area contributed by atoms with Crippen molar-refractivity contribution in [1.82, 2.24) is 9.97 Å². The van der Waals surface area contributed by atoms with Gasteiger partial charge < -0.3 is 10.2 Å². The lowest BCUT2D eigenvalue weighted by molar-refractivity contribution is 0.436. The average molecular weight is 286 g/mol. The molecule has 0 spiro atoms. The minimum atomic E-state index is -0.277. The third-order valence-corrected chi connectivity index (χ3v) is 3.83. The van der Waals surface area contributed by atoms with Crippen molar-refractivity contribution < 1.29 is 4.39 Å². The van der Waals surface area contributed by atoms with Crippen LogP contribution in [0.1, 0.15) is 19.8 Å². The van der Waals surface area contributed by atoms with Crippen LogP contribution in [0, 0.1) is 11.7 Å². The Morgan fingerprint density at radius 3 is 2.81 bits per heavy atom. The van der Waals surface area contributed by atoms with E-state index in [1.807, 2.05) is 6.07 Å². The highest BCUT2D eigenvalue weighted by atomic mass is 19.1. The predicted octanol–water partition coefficient (Wildman–Crippen LogP) is 3.60. The standard InChI is InChI=1S/C16H19FN4/c1-12-6-9-21(10-7-12)15-5-8-18-16(20-15)19-14-4-2-3-13(17)11-14/h2-5,8,11-12H,6-7,9-10H2,1H3,(H,18,19,20). The highest BCUT2D eigenvalue weighted by Gasteiger charge is 2.17. The van der Waals surface area contributed by atoms with Gasteiger partial charge in [0.2, 0.25) is 5.95 Å². The molecule has 0 atom stereocenters. The Labute approximate surface area is 124 Å². The highest BCUT2D eigenvalue weighted by molar-refractivity contribution is 5.55. The number of nitrogens with zero attached hydrogens (tertiary/aromatic N) is 3. The van der Waals surface area contributed by atoms with Crippen LogP contribution in [0.2, 0.25) is 0 Å². The van der Waals surface area contributed by atoms with E-state index < -0.39 is 0 Å². The van der Waals surface area contributed by atoms with Gasteiger partial charge in [0.15, 0.2) is 0 Å². The number of aromatic nitrogens is 2. The Balaban J connectivity index is 1.74. The normalized spacial score (nSPS) is 16.0. The van der Waals surface area contributed by atoms with Crippen LogP contribution >= 0.6 is 0 Å². The van der Waals surface area contributed by atoms with Crippen LogP contribution in [0.4, 0.5) is 21.8 Å². The third-order valence-electron chi connectivity index (χ3n) is 3.83. The van der Waals surface area contributed by atoms with Gasteiger partial charge in [0, 0.05) is 25.0 Å². The van der Waals surface area contributed by atoms with Crippen molar-refractivity contribution in [3.63, 3.8) is 0 Å². The SMILES string of the molecule is CC1CCN(c2ccnc(Nc3cccc(F)c3)n2)CC1. The van der Waals surface area contributed by atoms with Gasteiger partial charge in [-0.2, -0.15) is 4.98 Å². The summed E-state index contributed by atoms with van der Waals surface area (Å²) >= 11 is 0. The van der Waals surface area contributed by atoms with Crippen LogP contribution < -0.4 is 10.2 Å². The van der Waals surface area contributed by atoms with E-state index in [-0.39, 0.29) is 5.82 Å². The van der Waals surface area contributed by atoms with E-state index in [1.54, 1.807) is 18.3 Å². The number of benzene rings is 1. The smallest absolute Gasteiger partial charge is 0.229 e. The van der Waals surface area contributed by atoms with E-state index in [4.69, 9.17) is 0 Å². The quantitative estimate of drug-likeness (QED) is 0.936. The second-order valence-electron chi connectivity index (χ2n) is 5.54. The summed E-state index contributed by atoms with van der Waals surface area (Å²) < 4.78 is 13.2. The first kappa shape index (κ1) is 13.8. The summed E-state index contributed by atoms with van der Waals surface area (Å²) in [7, 11) is 0. The zero-order valence-corrected chi connectivity index (χ0v) is 12.1. The van der Waals surface area contributed by atoms with Crippen LogP contribution in [0.3, 0.4) is 0 Å². The summed E-state index contributed by atoms with van der Waals surface area (Å²) in [5.74, 6) is 1.93. The molecule has 0 amide bonds. The molecule has 0 radical (unpaired) electrons. The van der Waals surface area contributed by atoms with Gasteiger partial charge in [-0.1, -0.05) is 13.0 Å². The fraction of sp³-hybridized carbons (Fsp3) is 0.375. The molecule has 2 aromatic rings. The molecule has 3 rings (SSSR count). The van der Waals surface area contributed by atoms with Crippen LogP contribution in [-0.2, 0) is 0 Å². The number of piperidine rings is 1. The second-order valence-corrected chi connectivity index (χ2v) is 5.54. The summed E-state index contributed by atoms with van der Waals surface area (Å²) in [6.07, 6.45) is 4.12. The molecule has 1 aliphatic heterocycles. The molecule has 4 nitrogen and oxygen atoms in total. The lowest BCUT2D eigenvalue weighted by Gasteiger charge is -2.31. The van der Waals surface area contributed by atoms with E-state index in [0.29, 0.717) is 11.6 Å². The molecule has 0 aliphatic carbocycles. The lowest BCUT2D eigenvalue weighted by Crippen LogP contribution is -2.33. The van der Waals surface area contributed by atoms with Crippen LogP contribution in [-0.4, -0.2) is 23.1 Å². The van der Waals surface area contributed by atoms with Gasteiger partial charge in [-0.15, -0.1) is 0 Å². The van der Waals surface area contributed by atoms with E-state index in [0.717, 1.165) is 24.8 Å². The molecule has 5 heteroatoms. The number of anilines is 3. The van der Waals surface area contributed by atoms with E-state index in [2.05, 4.69) is 27.1 Å². The zero-order chi connectivity index (χ0) is 14.7. The van der Waals surface area contributed by atoms with Crippen molar-refractivity contribution in [2.75, 3.05) is 23.3 Å². The summed E-state index contributed by atoms with van der Waals surface area (Å²) in [6.45, 7) is 4.34. The van der Waals surface area contributed by atoms with Crippen molar-refractivity contribution in [2.24, 2.45) is 5.92 Å². The van der Waals surface area contributed by atoms with Crippen LogP contribution in [0.15, 0.2) is 36.5 Å². The first-order chi connectivity index (χ1) is 10.2. The number of rotatable bonds is 3. The Kier molecular flexibility index (Phi) is 3.99. The van der Waals surface area contributed by atoms with Gasteiger partial charge in [0.1, 0.15) is 11.6 Å². The molecule has 21 heavy (non-hydrogen) atoms. The van der Waals surface area contributed by atoms with Crippen molar-refractivity contribution in [3.05, 3.63) is 42.3 Å². The van der Waals surface area contributed by atoms with E-state index in [1.165, 1.54) is 25.0 Å². The summed E-state index contributed by atoms with van der Waals surface area (Å²) in [5, 5.41) is 3.04.